The van der Waals surface area contributed by atoms with E-state index >= 15 is 0 Å². The zero-order valence-corrected chi connectivity index (χ0v) is 13.0. The Morgan fingerprint density at radius 1 is 1.41 bits per heavy atom. The van der Waals surface area contributed by atoms with Crippen LogP contribution in [0.25, 0.3) is 6.08 Å². The summed E-state index contributed by atoms with van der Waals surface area (Å²) in [6.07, 6.45) is 1.83. The number of hydrogen-bond donors (Lipinski definition) is 2. The van der Waals surface area contributed by atoms with Crippen molar-refractivity contribution in [3.05, 3.63) is 57.8 Å². The number of aliphatic hydroxyl groups is 1. The Morgan fingerprint density at radius 2 is 2.23 bits per heavy atom. The second kappa shape index (κ2) is 5.94. The molecule has 1 atom stereocenters. The molecule has 1 aliphatic rings. The van der Waals surface area contributed by atoms with Crippen LogP contribution >= 0.6 is 11.3 Å². The summed E-state index contributed by atoms with van der Waals surface area (Å²) in [6, 6.07) is 9.44. The predicted molar refractivity (Wildman–Crippen MR) is 86.8 cm³/mol. The van der Waals surface area contributed by atoms with Crippen LogP contribution in [0, 0.1) is 0 Å². The second-order valence-electron chi connectivity index (χ2n) is 5.46. The van der Waals surface area contributed by atoms with Gasteiger partial charge < -0.3 is 15.2 Å². The van der Waals surface area contributed by atoms with Crippen LogP contribution in [0.1, 0.15) is 18.1 Å². The number of para-hydroxylation sites is 1. The fraction of sp³-hybridized carbons (Fsp3) is 0.235. The Hall–Kier alpha value is -2.11. The molecular weight excluding hydrogens is 298 g/mol. The Morgan fingerprint density at radius 3 is 3.00 bits per heavy atom. The third kappa shape index (κ3) is 3.05. The molecule has 1 unspecified atom stereocenters. The summed E-state index contributed by atoms with van der Waals surface area (Å²) in [5, 5.41) is 17.0. The van der Waals surface area contributed by atoms with Crippen LogP contribution in [0.2, 0.25) is 0 Å². The van der Waals surface area contributed by atoms with Gasteiger partial charge in [-0.1, -0.05) is 18.2 Å². The van der Waals surface area contributed by atoms with Crippen molar-refractivity contribution in [3.8, 4) is 5.75 Å². The van der Waals surface area contributed by atoms with Gasteiger partial charge in [0, 0.05) is 5.56 Å². The lowest BCUT2D eigenvalue weighted by Crippen LogP contribution is -2.39. The summed E-state index contributed by atoms with van der Waals surface area (Å²) in [6.45, 7) is 2.08. The van der Waals surface area contributed by atoms with E-state index in [0.717, 1.165) is 16.9 Å². The van der Waals surface area contributed by atoms with Crippen LogP contribution in [-0.4, -0.2) is 24.2 Å². The van der Waals surface area contributed by atoms with Crippen molar-refractivity contribution in [2.75, 3.05) is 13.2 Å². The Balaban J connectivity index is 1.67. The molecule has 1 aromatic heterocycles. The summed E-state index contributed by atoms with van der Waals surface area (Å²) < 4.78 is 5.57. The lowest BCUT2D eigenvalue weighted by atomic mass is 9.99. The zero-order chi connectivity index (χ0) is 15.6. The molecule has 1 amide bonds. The van der Waals surface area contributed by atoms with Gasteiger partial charge in [-0.25, -0.2) is 0 Å². The normalized spacial score (nSPS) is 16.0. The van der Waals surface area contributed by atoms with Gasteiger partial charge in [0.1, 0.15) is 18.0 Å². The van der Waals surface area contributed by atoms with Crippen molar-refractivity contribution in [1.29, 1.82) is 0 Å². The zero-order valence-electron chi connectivity index (χ0n) is 12.2. The molecule has 0 aliphatic carbocycles. The first-order valence-electron chi connectivity index (χ1n) is 7.02. The minimum atomic E-state index is -1.08. The van der Waals surface area contributed by atoms with Gasteiger partial charge in [-0.05, 0) is 41.5 Å². The maximum absolute atomic E-state index is 12.3. The van der Waals surface area contributed by atoms with Gasteiger partial charge in [-0.3, -0.25) is 4.79 Å². The molecule has 5 heteroatoms. The van der Waals surface area contributed by atoms with Crippen LogP contribution in [0.4, 0.5) is 0 Å². The van der Waals surface area contributed by atoms with Gasteiger partial charge in [0.05, 0.1) is 12.1 Å². The van der Waals surface area contributed by atoms with Gasteiger partial charge in [0.2, 0.25) is 0 Å². The summed E-state index contributed by atoms with van der Waals surface area (Å²) in [7, 11) is 0. The van der Waals surface area contributed by atoms with Crippen LogP contribution in [0.5, 0.6) is 5.75 Å². The molecule has 1 aliphatic heterocycles. The summed E-state index contributed by atoms with van der Waals surface area (Å²) in [4.78, 5) is 12.3. The van der Waals surface area contributed by atoms with E-state index in [1.807, 2.05) is 47.2 Å². The molecule has 1 aromatic carbocycles. The first-order chi connectivity index (χ1) is 10.6. The summed E-state index contributed by atoms with van der Waals surface area (Å²) in [5.74, 6) is 0.564. The molecule has 22 heavy (non-hydrogen) atoms. The Labute approximate surface area is 133 Å². The standard InChI is InChI=1S/C17H17NO3S/c1-17(20,14-6-7-22-10-14)11-18-16(19)13-8-12-4-2-3-5-15(12)21-9-13/h2-8,10,20H,9,11H2,1H3,(H,18,19). The van der Waals surface area contributed by atoms with Crippen LogP contribution < -0.4 is 10.1 Å². The van der Waals surface area contributed by atoms with Gasteiger partial charge in [-0.2, -0.15) is 11.3 Å². The number of amides is 1. The molecule has 3 rings (SSSR count). The number of benzene rings is 1. The van der Waals surface area contributed by atoms with Crippen molar-refractivity contribution < 1.29 is 14.6 Å². The molecule has 0 spiro atoms. The highest BCUT2D eigenvalue weighted by Crippen LogP contribution is 2.26. The number of hydrogen-bond acceptors (Lipinski definition) is 4. The van der Waals surface area contributed by atoms with Crippen LogP contribution in [0.3, 0.4) is 0 Å². The lowest BCUT2D eigenvalue weighted by molar-refractivity contribution is -0.119. The van der Waals surface area contributed by atoms with Gasteiger partial charge >= 0.3 is 0 Å². The number of nitrogens with one attached hydrogen (secondary N) is 1. The number of ether oxygens (including phenoxy) is 1. The maximum Gasteiger partial charge on any atom is 0.250 e. The Bertz CT molecular complexity index is 704. The highest BCUT2D eigenvalue weighted by molar-refractivity contribution is 7.08. The molecule has 2 heterocycles. The van der Waals surface area contributed by atoms with Crippen molar-refractivity contribution in [2.45, 2.75) is 12.5 Å². The van der Waals surface area contributed by atoms with Crippen LogP contribution in [0.15, 0.2) is 46.7 Å². The molecule has 2 N–H and O–H groups in total. The second-order valence-corrected chi connectivity index (χ2v) is 6.24. The topological polar surface area (TPSA) is 58.6 Å². The fourth-order valence-electron chi connectivity index (χ4n) is 2.29. The van der Waals surface area contributed by atoms with E-state index in [1.165, 1.54) is 11.3 Å². The van der Waals surface area contributed by atoms with Gasteiger partial charge in [-0.15, -0.1) is 0 Å². The third-order valence-corrected chi connectivity index (χ3v) is 4.34. The number of carbonyl (C=O) groups is 1. The van der Waals surface area contributed by atoms with Crippen LogP contribution in [-0.2, 0) is 10.4 Å². The van der Waals surface area contributed by atoms with E-state index in [9.17, 15) is 9.90 Å². The number of thiophene rings is 1. The molecule has 0 saturated heterocycles. The first kappa shape index (κ1) is 14.8. The van der Waals surface area contributed by atoms with Gasteiger partial charge in [0.15, 0.2) is 0 Å². The van der Waals surface area contributed by atoms with E-state index in [1.54, 1.807) is 6.92 Å². The molecule has 0 radical (unpaired) electrons. The average Bonchev–Trinajstić information content (AvgIpc) is 3.07. The highest BCUT2D eigenvalue weighted by Gasteiger charge is 2.25. The smallest absolute Gasteiger partial charge is 0.250 e. The van der Waals surface area contributed by atoms with E-state index < -0.39 is 5.60 Å². The molecule has 0 saturated carbocycles. The minimum Gasteiger partial charge on any atom is -0.488 e. The van der Waals surface area contributed by atoms with E-state index in [2.05, 4.69) is 5.32 Å². The molecule has 4 nitrogen and oxygen atoms in total. The summed E-state index contributed by atoms with van der Waals surface area (Å²) in [5.41, 5.74) is 1.17. The predicted octanol–water partition coefficient (Wildman–Crippen LogP) is 2.55. The molecule has 0 bridgehead atoms. The van der Waals surface area contributed by atoms with Crippen molar-refractivity contribution in [1.82, 2.24) is 5.32 Å². The van der Waals surface area contributed by atoms with E-state index in [0.29, 0.717) is 5.57 Å². The Kier molecular flexibility index (Phi) is 4.00. The van der Waals surface area contributed by atoms with Crippen molar-refractivity contribution in [3.63, 3.8) is 0 Å². The molecule has 0 fully saturated rings. The quantitative estimate of drug-likeness (QED) is 0.911. The fourth-order valence-corrected chi connectivity index (χ4v) is 3.07. The number of fused-ring (bicyclic) bond motifs is 1. The minimum absolute atomic E-state index is 0.154. The van der Waals surface area contributed by atoms with Gasteiger partial charge in [0.25, 0.3) is 5.91 Å². The monoisotopic (exact) mass is 315 g/mol. The lowest BCUT2D eigenvalue weighted by Gasteiger charge is -2.24. The highest BCUT2D eigenvalue weighted by atomic mass is 32.1. The van der Waals surface area contributed by atoms with E-state index in [4.69, 9.17) is 4.74 Å². The van der Waals surface area contributed by atoms with Crippen molar-refractivity contribution >= 4 is 23.3 Å². The third-order valence-electron chi connectivity index (χ3n) is 3.66. The average molecular weight is 315 g/mol. The first-order valence-corrected chi connectivity index (χ1v) is 7.96. The maximum atomic E-state index is 12.3. The van der Waals surface area contributed by atoms with E-state index in [-0.39, 0.29) is 19.1 Å². The molecule has 2 aromatic rings. The molecule has 114 valence electrons. The largest absolute Gasteiger partial charge is 0.488 e. The number of carbonyl (C=O) groups excluding carboxylic acids is 1. The molecular formula is C17H17NO3S. The van der Waals surface area contributed by atoms with Crippen molar-refractivity contribution in [2.24, 2.45) is 0 Å². The summed E-state index contributed by atoms with van der Waals surface area (Å²) >= 11 is 1.52. The number of rotatable bonds is 4. The SMILES string of the molecule is CC(O)(CNC(=O)C1=Cc2ccccc2OC1)c1ccsc1.